The first-order chi connectivity index (χ1) is 16.0. The molecule has 0 radical (unpaired) electrons. The fourth-order valence-electron chi connectivity index (χ4n) is 7.62. The topological polar surface area (TPSA) is 0 Å². The minimum Gasteiger partial charge on any atom is -0.0622 e. The molecule has 5 rings (SSSR count). The van der Waals surface area contributed by atoms with Crippen LogP contribution >= 0.6 is 0 Å². The maximum atomic E-state index is 2.73. The summed E-state index contributed by atoms with van der Waals surface area (Å²) in [7, 11) is -2.16. The lowest BCUT2D eigenvalue weighted by Gasteiger charge is -2.47. The predicted molar refractivity (Wildman–Crippen MR) is 150 cm³/mol. The van der Waals surface area contributed by atoms with E-state index in [1.807, 2.05) is 0 Å². The second-order valence-corrected chi connectivity index (χ2v) is 17.7. The molecule has 0 aliphatic carbocycles. The molecule has 3 aromatic rings. The van der Waals surface area contributed by atoms with Crippen LogP contribution in [-0.4, -0.2) is 8.07 Å². The minimum absolute atomic E-state index is 0.220. The smallest absolute Gasteiger partial charge is 0.0622 e. The Morgan fingerprint density at radius 1 is 0.559 bits per heavy atom. The molecule has 2 bridgehead atoms. The van der Waals surface area contributed by atoms with Gasteiger partial charge in [-0.25, -0.2) is 0 Å². The molecule has 2 aliphatic heterocycles. The molecule has 0 aromatic heterocycles. The van der Waals surface area contributed by atoms with Gasteiger partial charge in [-0.15, -0.1) is 0 Å². The van der Waals surface area contributed by atoms with Crippen LogP contribution in [0.3, 0.4) is 0 Å². The van der Waals surface area contributed by atoms with Crippen molar-refractivity contribution in [3.05, 3.63) is 99.6 Å². The Hall–Kier alpha value is -2.12. The van der Waals surface area contributed by atoms with Gasteiger partial charge in [-0.1, -0.05) is 128 Å². The van der Waals surface area contributed by atoms with Gasteiger partial charge in [0.2, 0.25) is 0 Å². The van der Waals surface area contributed by atoms with E-state index in [9.17, 15) is 0 Å². The highest BCUT2D eigenvalue weighted by Crippen LogP contribution is 2.67. The largest absolute Gasteiger partial charge is 0.116 e. The van der Waals surface area contributed by atoms with Crippen molar-refractivity contribution >= 4 is 13.3 Å². The molecular weight excluding hydrogens is 424 g/mol. The molecule has 0 nitrogen and oxygen atoms in total. The van der Waals surface area contributed by atoms with Crippen LogP contribution in [0.4, 0.5) is 0 Å². The molecule has 0 saturated carbocycles. The summed E-state index contributed by atoms with van der Waals surface area (Å²) in [6.07, 6.45) is 0. The zero-order chi connectivity index (χ0) is 24.6. The number of hydrogen-bond donors (Lipinski definition) is 0. The van der Waals surface area contributed by atoms with Crippen molar-refractivity contribution in [3.63, 3.8) is 0 Å². The first kappa shape index (κ1) is 23.6. The van der Waals surface area contributed by atoms with E-state index in [-0.39, 0.29) is 5.04 Å². The Morgan fingerprint density at radius 2 is 0.912 bits per heavy atom. The Kier molecular flexibility index (Phi) is 5.52. The summed E-state index contributed by atoms with van der Waals surface area (Å²) in [6, 6.07) is 24.2. The highest BCUT2D eigenvalue weighted by atomic mass is 28.3. The minimum atomic E-state index is -2.16. The molecule has 0 atom stereocenters. The lowest BCUT2D eigenvalue weighted by Crippen LogP contribution is -2.60. The highest BCUT2D eigenvalue weighted by molar-refractivity contribution is 6.99. The molecule has 0 fully saturated rings. The quantitative estimate of drug-likeness (QED) is 0.337. The van der Waals surface area contributed by atoms with Crippen LogP contribution in [0.25, 0.3) is 0 Å². The Labute approximate surface area is 208 Å². The van der Waals surface area contributed by atoms with Gasteiger partial charge in [0, 0.05) is 11.1 Å². The summed E-state index contributed by atoms with van der Waals surface area (Å²) in [5.41, 5.74) is 12.3. The van der Waals surface area contributed by atoms with Crippen molar-refractivity contribution < 1.29 is 0 Å². The fraction of sp³-hybridized carbons (Fsp3) is 0.455. The summed E-state index contributed by atoms with van der Waals surface area (Å²) < 4.78 is 0. The number of fused-ring (bicyclic) bond motifs is 8. The van der Waals surface area contributed by atoms with Gasteiger partial charge < -0.3 is 0 Å². The zero-order valence-electron chi connectivity index (χ0n) is 22.7. The van der Waals surface area contributed by atoms with Gasteiger partial charge in [0.1, 0.15) is 8.07 Å². The second kappa shape index (κ2) is 7.95. The molecule has 34 heavy (non-hydrogen) atoms. The molecule has 0 unspecified atom stereocenters. The molecule has 0 saturated heterocycles. The lowest BCUT2D eigenvalue weighted by molar-refractivity contribution is 0.703. The third-order valence-electron chi connectivity index (χ3n) is 8.95. The van der Waals surface area contributed by atoms with Crippen LogP contribution in [-0.2, 0) is 0 Å². The van der Waals surface area contributed by atoms with Crippen molar-refractivity contribution in [1.29, 1.82) is 0 Å². The molecule has 0 spiro atoms. The fourth-order valence-corrected chi connectivity index (χ4v) is 15.4. The summed E-state index contributed by atoms with van der Waals surface area (Å²) in [5.74, 6) is 1.60. The first-order valence-corrected chi connectivity index (χ1v) is 15.5. The van der Waals surface area contributed by atoms with Gasteiger partial charge in [0.25, 0.3) is 0 Å². The van der Waals surface area contributed by atoms with Crippen molar-refractivity contribution in [2.45, 2.75) is 96.2 Å². The predicted octanol–water partition coefficient (Wildman–Crippen LogP) is 8.88. The zero-order valence-corrected chi connectivity index (χ0v) is 23.7. The van der Waals surface area contributed by atoms with Crippen LogP contribution in [0.15, 0.2) is 60.7 Å². The first-order valence-electron chi connectivity index (χ1n) is 13.4. The average Bonchev–Trinajstić information content (AvgIpc) is 3.26. The van der Waals surface area contributed by atoms with Crippen molar-refractivity contribution in [1.82, 2.24) is 0 Å². The normalized spacial score (nSPS) is 23.2. The molecule has 2 aliphatic rings. The molecule has 178 valence electrons. The summed E-state index contributed by atoms with van der Waals surface area (Å²) in [6.45, 7) is 22.0. The van der Waals surface area contributed by atoms with Gasteiger partial charge in [0.05, 0.1) is 0 Å². The third kappa shape index (κ3) is 3.02. The highest BCUT2D eigenvalue weighted by Gasteiger charge is 2.67. The van der Waals surface area contributed by atoms with Crippen LogP contribution in [0.5, 0.6) is 0 Å². The van der Waals surface area contributed by atoms with E-state index >= 15 is 0 Å². The second-order valence-electron chi connectivity index (χ2n) is 12.8. The van der Waals surface area contributed by atoms with Gasteiger partial charge in [-0.2, -0.15) is 0 Å². The lowest BCUT2D eigenvalue weighted by atomic mass is 9.86. The molecule has 1 heteroatoms. The molecule has 2 heterocycles. The average molecular weight is 467 g/mol. The number of rotatable bonds is 4. The van der Waals surface area contributed by atoms with E-state index in [4.69, 9.17) is 0 Å². The molecular formula is C33H42Si. The summed E-state index contributed by atoms with van der Waals surface area (Å²) in [4.78, 5) is 0. The Bertz CT molecular complexity index is 1140. The van der Waals surface area contributed by atoms with E-state index in [1.165, 1.54) is 0 Å². The Morgan fingerprint density at radius 3 is 1.24 bits per heavy atom. The third-order valence-corrected chi connectivity index (χ3v) is 15.8. The molecule has 0 amide bonds. The SMILES string of the molecule is CC(C)c1cc(C(C)C)c([Si]2(C(C)(C)C)C3c4ccccc4C2c2ccccc23)cc1C(C)C. The number of hydrogen-bond acceptors (Lipinski definition) is 0. The van der Waals surface area contributed by atoms with Crippen molar-refractivity contribution in [2.24, 2.45) is 0 Å². The van der Waals surface area contributed by atoms with Gasteiger partial charge in [-0.05, 0) is 61.7 Å². The maximum absolute atomic E-state index is 2.73. The van der Waals surface area contributed by atoms with Crippen LogP contribution < -0.4 is 5.19 Å². The number of benzene rings is 3. The van der Waals surface area contributed by atoms with Crippen molar-refractivity contribution in [3.8, 4) is 0 Å². The van der Waals surface area contributed by atoms with Crippen LogP contribution in [0, 0.1) is 0 Å². The molecule has 0 N–H and O–H groups in total. The summed E-state index contributed by atoms with van der Waals surface area (Å²) >= 11 is 0. The van der Waals surface area contributed by atoms with Gasteiger partial charge >= 0.3 is 0 Å². The van der Waals surface area contributed by atoms with Gasteiger partial charge in [0.15, 0.2) is 0 Å². The summed E-state index contributed by atoms with van der Waals surface area (Å²) in [5, 5.41) is 1.96. The van der Waals surface area contributed by atoms with Crippen LogP contribution in [0.1, 0.15) is 130 Å². The van der Waals surface area contributed by atoms with Crippen molar-refractivity contribution in [2.75, 3.05) is 0 Å². The van der Waals surface area contributed by atoms with E-state index in [2.05, 4.69) is 123 Å². The van der Waals surface area contributed by atoms with E-state index in [0.717, 1.165) is 0 Å². The van der Waals surface area contributed by atoms with E-state index in [0.29, 0.717) is 28.8 Å². The van der Waals surface area contributed by atoms with E-state index in [1.54, 1.807) is 44.1 Å². The molecule has 3 aromatic carbocycles. The standard InChI is InChI=1S/C33H42Si/c1-20(2)27-18-29(22(5)6)30(19-28(27)21(3)4)34(33(7,8)9)31-23-14-10-11-15-24(23)32(34)26-17-13-12-16-25(26)31/h10-22,31-32H,1-9H3. The maximum Gasteiger partial charge on any atom is 0.116 e. The van der Waals surface area contributed by atoms with Crippen LogP contribution in [0.2, 0.25) is 5.04 Å². The van der Waals surface area contributed by atoms with Gasteiger partial charge in [-0.3, -0.25) is 0 Å². The van der Waals surface area contributed by atoms with E-state index < -0.39 is 8.07 Å². The Balaban J connectivity index is 1.93. The monoisotopic (exact) mass is 466 g/mol.